The molecule has 0 unspecified atom stereocenters. The van der Waals surface area contributed by atoms with Crippen molar-refractivity contribution in [3.05, 3.63) is 35.9 Å². The minimum Gasteiger partial charge on any atom is -0.481 e. The molecule has 1 saturated heterocycles. The van der Waals surface area contributed by atoms with Crippen LogP contribution in [0, 0.1) is 0 Å². The van der Waals surface area contributed by atoms with Crippen LogP contribution in [0.5, 0.6) is 0 Å². The van der Waals surface area contributed by atoms with Gasteiger partial charge >= 0.3 is 5.97 Å². The van der Waals surface area contributed by atoms with Crippen LogP contribution in [0.4, 0.5) is 0 Å². The normalized spacial score (nSPS) is 23.1. The van der Waals surface area contributed by atoms with Gasteiger partial charge in [0.1, 0.15) is 0 Å². The minimum absolute atomic E-state index is 0.0275. The van der Waals surface area contributed by atoms with Crippen molar-refractivity contribution in [3.63, 3.8) is 0 Å². The van der Waals surface area contributed by atoms with E-state index in [1.807, 2.05) is 25.1 Å². The van der Waals surface area contributed by atoms with Crippen LogP contribution < -0.4 is 5.32 Å². The van der Waals surface area contributed by atoms with Gasteiger partial charge in [-0.05, 0) is 19.1 Å². The molecule has 1 heterocycles. The molecule has 1 aromatic rings. The molecule has 0 radical (unpaired) electrons. The molecule has 1 aliphatic heterocycles. The summed E-state index contributed by atoms with van der Waals surface area (Å²) in [5.41, 5.74) is 0.644. The Bertz CT molecular complexity index is 461. The highest BCUT2D eigenvalue weighted by molar-refractivity contribution is 5.94. The van der Waals surface area contributed by atoms with Gasteiger partial charge in [0.2, 0.25) is 0 Å². The number of rotatable bonds is 3. The van der Waals surface area contributed by atoms with Crippen LogP contribution in [-0.2, 0) is 4.79 Å². The van der Waals surface area contributed by atoms with E-state index >= 15 is 0 Å². The Morgan fingerprint density at radius 2 is 2.05 bits per heavy atom. The Kier molecular flexibility index (Phi) is 4.16. The van der Waals surface area contributed by atoms with Gasteiger partial charge in [0.05, 0.1) is 6.42 Å². The van der Waals surface area contributed by atoms with Gasteiger partial charge in [-0.1, -0.05) is 18.2 Å². The summed E-state index contributed by atoms with van der Waals surface area (Å²) in [7, 11) is 0. The summed E-state index contributed by atoms with van der Waals surface area (Å²) < 4.78 is 0. The zero-order valence-corrected chi connectivity index (χ0v) is 10.9. The molecule has 0 bridgehead atoms. The summed E-state index contributed by atoms with van der Waals surface area (Å²) in [6, 6.07) is 8.76. The standard InChI is InChI=1S/C14H18N2O3/c1-10-12(9-13(17)18)15-7-8-16(10)14(19)11-5-3-2-4-6-11/h2-6,10,12,15H,7-9H2,1H3,(H,17,18)/t10-,12-/m1/s1. The van der Waals surface area contributed by atoms with Crippen LogP contribution in [0.3, 0.4) is 0 Å². The van der Waals surface area contributed by atoms with Crippen molar-refractivity contribution in [2.24, 2.45) is 0 Å². The van der Waals surface area contributed by atoms with Crippen LogP contribution >= 0.6 is 0 Å². The third-order valence-electron chi connectivity index (χ3n) is 3.51. The molecule has 0 spiro atoms. The molecule has 0 saturated carbocycles. The van der Waals surface area contributed by atoms with E-state index < -0.39 is 5.97 Å². The Balaban J connectivity index is 2.11. The lowest BCUT2D eigenvalue weighted by Gasteiger charge is -2.39. The van der Waals surface area contributed by atoms with Gasteiger partial charge in [-0.2, -0.15) is 0 Å². The van der Waals surface area contributed by atoms with Gasteiger partial charge in [-0.15, -0.1) is 0 Å². The van der Waals surface area contributed by atoms with E-state index in [9.17, 15) is 9.59 Å². The number of nitrogens with one attached hydrogen (secondary N) is 1. The monoisotopic (exact) mass is 262 g/mol. The Morgan fingerprint density at radius 1 is 1.37 bits per heavy atom. The second-order valence-electron chi connectivity index (χ2n) is 4.76. The highest BCUT2D eigenvalue weighted by atomic mass is 16.4. The molecular formula is C14H18N2O3. The first-order chi connectivity index (χ1) is 9.09. The van der Waals surface area contributed by atoms with Gasteiger partial charge in [-0.3, -0.25) is 9.59 Å². The van der Waals surface area contributed by atoms with E-state index in [1.54, 1.807) is 17.0 Å². The molecule has 2 rings (SSSR count). The zero-order chi connectivity index (χ0) is 13.8. The largest absolute Gasteiger partial charge is 0.481 e. The lowest BCUT2D eigenvalue weighted by Crippen LogP contribution is -2.58. The van der Waals surface area contributed by atoms with Gasteiger partial charge in [0.25, 0.3) is 5.91 Å². The van der Waals surface area contributed by atoms with Crippen molar-refractivity contribution in [1.29, 1.82) is 0 Å². The lowest BCUT2D eigenvalue weighted by molar-refractivity contribution is -0.138. The maximum absolute atomic E-state index is 12.4. The number of benzene rings is 1. The molecule has 0 aromatic heterocycles. The quantitative estimate of drug-likeness (QED) is 0.851. The average molecular weight is 262 g/mol. The maximum Gasteiger partial charge on any atom is 0.305 e. The fourth-order valence-corrected chi connectivity index (χ4v) is 2.43. The molecule has 2 N–H and O–H groups in total. The molecular weight excluding hydrogens is 244 g/mol. The van der Waals surface area contributed by atoms with Gasteiger partial charge < -0.3 is 15.3 Å². The topological polar surface area (TPSA) is 69.6 Å². The zero-order valence-electron chi connectivity index (χ0n) is 10.9. The van der Waals surface area contributed by atoms with Crippen LogP contribution in [-0.4, -0.2) is 47.1 Å². The molecule has 1 aromatic carbocycles. The van der Waals surface area contributed by atoms with Gasteiger partial charge in [0.15, 0.2) is 0 Å². The van der Waals surface area contributed by atoms with Crippen LogP contribution in [0.2, 0.25) is 0 Å². The molecule has 5 nitrogen and oxygen atoms in total. The van der Waals surface area contributed by atoms with Crippen LogP contribution in [0.15, 0.2) is 30.3 Å². The van der Waals surface area contributed by atoms with Gasteiger partial charge in [0, 0.05) is 30.7 Å². The molecule has 19 heavy (non-hydrogen) atoms. The Labute approximate surface area is 112 Å². The first kappa shape index (κ1) is 13.5. The summed E-state index contributed by atoms with van der Waals surface area (Å²) >= 11 is 0. The third-order valence-corrected chi connectivity index (χ3v) is 3.51. The molecule has 1 aliphatic rings. The molecule has 5 heteroatoms. The average Bonchev–Trinajstić information content (AvgIpc) is 2.41. The fraction of sp³-hybridized carbons (Fsp3) is 0.429. The summed E-state index contributed by atoms with van der Waals surface area (Å²) in [5, 5.41) is 12.0. The van der Waals surface area contributed by atoms with E-state index in [4.69, 9.17) is 5.11 Å². The smallest absolute Gasteiger partial charge is 0.305 e. The van der Waals surface area contributed by atoms with Crippen LogP contribution in [0.25, 0.3) is 0 Å². The minimum atomic E-state index is -0.849. The van der Waals surface area contributed by atoms with E-state index in [0.717, 1.165) is 0 Å². The number of carbonyl (C=O) groups is 2. The first-order valence-electron chi connectivity index (χ1n) is 6.41. The number of hydrogen-bond acceptors (Lipinski definition) is 3. The van der Waals surface area contributed by atoms with Crippen molar-refractivity contribution < 1.29 is 14.7 Å². The number of aliphatic carboxylic acids is 1. The number of amides is 1. The molecule has 2 atom stereocenters. The summed E-state index contributed by atoms with van der Waals surface area (Å²) in [4.78, 5) is 25.0. The van der Waals surface area contributed by atoms with E-state index in [2.05, 4.69) is 5.32 Å². The number of hydrogen-bond donors (Lipinski definition) is 2. The summed E-state index contributed by atoms with van der Waals surface area (Å²) in [6.45, 7) is 3.12. The molecule has 1 fully saturated rings. The second-order valence-corrected chi connectivity index (χ2v) is 4.76. The van der Waals surface area contributed by atoms with Crippen LogP contribution in [0.1, 0.15) is 23.7 Å². The SMILES string of the molecule is C[C@@H]1[C@@H](CC(=O)O)NCCN1C(=O)c1ccccc1. The first-order valence-corrected chi connectivity index (χ1v) is 6.41. The number of nitrogens with zero attached hydrogens (tertiary/aromatic N) is 1. The molecule has 102 valence electrons. The number of carbonyl (C=O) groups excluding carboxylic acids is 1. The van der Waals surface area contributed by atoms with Crippen molar-refractivity contribution in [2.45, 2.75) is 25.4 Å². The molecule has 0 aliphatic carbocycles. The van der Waals surface area contributed by atoms with Gasteiger partial charge in [-0.25, -0.2) is 0 Å². The predicted molar refractivity (Wildman–Crippen MR) is 71.0 cm³/mol. The maximum atomic E-state index is 12.4. The third kappa shape index (κ3) is 3.12. The number of piperazine rings is 1. The van der Waals surface area contributed by atoms with E-state index in [1.165, 1.54) is 0 Å². The van der Waals surface area contributed by atoms with Crippen molar-refractivity contribution >= 4 is 11.9 Å². The highest BCUT2D eigenvalue weighted by Gasteiger charge is 2.32. The second kappa shape index (κ2) is 5.84. The lowest BCUT2D eigenvalue weighted by atomic mass is 10.0. The summed E-state index contributed by atoms with van der Waals surface area (Å²) in [6.07, 6.45) is 0.0275. The molecule has 1 amide bonds. The predicted octanol–water partition coefficient (Wildman–Crippen LogP) is 0.964. The van der Waals surface area contributed by atoms with Crippen molar-refractivity contribution in [1.82, 2.24) is 10.2 Å². The summed E-state index contributed by atoms with van der Waals surface area (Å²) in [5.74, 6) is -0.886. The van der Waals surface area contributed by atoms with E-state index in [0.29, 0.717) is 18.7 Å². The highest BCUT2D eigenvalue weighted by Crippen LogP contribution is 2.15. The number of carboxylic acids is 1. The number of carboxylic acid groups (broad SMARTS) is 1. The van der Waals surface area contributed by atoms with E-state index in [-0.39, 0.29) is 24.4 Å². The fourth-order valence-electron chi connectivity index (χ4n) is 2.43. The Hall–Kier alpha value is -1.88. The van der Waals surface area contributed by atoms with Crippen molar-refractivity contribution in [2.75, 3.05) is 13.1 Å². The Morgan fingerprint density at radius 3 is 2.68 bits per heavy atom. The van der Waals surface area contributed by atoms with Crippen molar-refractivity contribution in [3.8, 4) is 0 Å².